The summed E-state index contributed by atoms with van der Waals surface area (Å²) in [6.45, 7) is 0.469. The molecule has 0 atom stereocenters. The molecule has 0 aromatic carbocycles. The number of nitrogens with one attached hydrogen (secondary N) is 1. The molecule has 2 N–H and O–H groups in total. The maximum atomic E-state index is 12.4. The largest absolute Gasteiger partial charge is 0.481 e. The van der Waals surface area contributed by atoms with Gasteiger partial charge in [0.25, 0.3) is 0 Å². The van der Waals surface area contributed by atoms with Crippen LogP contribution in [0.3, 0.4) is 0 Å². The number of carboxylic acid groups (broad SMARTS) is 1. The quantitative estimate of drug-likeness (QED) is 0.690. The van der Waals surface area contributed by atoms with Crippen molar-refractivity contribution in [3.8, 4) is 0 Å². The van der Waals surface area contributed by atoms with Gasteiger partial charge in [-0.1, -0.05) is 0 Å². The molecule has 72 valence electrons. The maximum Gasteiger partial charge on any atom is 0.312 e. The maximum absolute atomic E-state index is 12.4. The summed E-state index contributed by atoms with van der Waals surface area (Å²) in [5.41, 5.74) is -1.09. The third kappa shape index (κ3) is 2.08. The van der Waals surface area contributed by atoms with Gasteiger partial charge in [0.1, 0.15) is 6.67 Å². The zero-order valence-corrected chi connectivity index (χ0v) is 7.49. The fourth-order valence-electron chi connectivity index (χ4n) is 1.31. The van der Waals surface area contributed by atoms with Gasteiger partial charge in [-0.3, -0.25) is 4.79 Å². The van der Waals surface area contributed by atoms with E-state index >= 15 is 0 Å². The summed E-state index contributed by atoms with van der Waals surface area (Å²) in [4.78, 5) is 10.6. The Morgan fingerprint density at radius 3 is 2.25 bits per heavy atom. The molecule has 0 radical (unpaired) electrons. The normalized spacial score (nSPS) is 21.1. The van der Waals surface area contributed by atoms with Crippen LogP contribution in [-0.2, 0) is 4.79 Å². The van der Waals surface area contributed by atoms with E-state index < -0.39 is 18.1 Å². The van der Waals surface area contributed by atoms with E-state index in [1.165, 1.54) is 0 Å². The van der Waals surface area contributed by atoms with Crippen molar-refractivity contribution >= 4 is 18.4 Å². The molecule has 5 heteroatoms. The van der Waals surface area contributed by atoms with E-state index in [0.29, 0.717) is 25.9 Å². The van der Waals surface area contributed by atoms with Crippen molar-refractivity contribution in [3.63, 3.8) is 0 Å². The van der Waals surface area contributed by atoms with E-state index in [1.807, 2.05) is 0 Å². The lowest BCUT2D eigenvalue weighted by Gasteiger charge is -2.30. The third-order valence-corrected chi connectivity index (χ3v) is 2.27. The van der Waals surface area contributed by atoms with Crippen LogP contribution in [0, 0.1) is 5.41 Å². The van der Waals surface area contributed by atoms with Crippen molar-refractivity contribution in [3.05, 3.63) is 0 Å². The second kappa shape index (κ2) is 4.62. The number of alkyl halides is 1. The number of aliphatic carboxylic acids is 1. The van der Waals surface area contributed by atoms with Crippen molar-refractivity contribution in [1.82, 2.24) is 5.32 Å². The van der Waals surface area contributed by atoms with Gasteiger partial charge in [0, 0.05) is 0 Å². The molecule has 1 aliphatic heterocycles. The molecule has 0 spiro atoms. The Morgan fingerprint density at radius 2 is 2.00 bits per heavy atom. The Hall–Kier alpha value is -0.350. The van der Waals surface area contributed by atoms with Crippen molar-refractivity contribution in [1.29, 1.82) is 0 Å². The lowest BCUT2D eigenvalue weighted by atomic mass is 9.80. The molecular weight excluding hydrogens is 185 g/mol. The lowest BCUT2D eigenvalue weighted by molar-refractivity contribution is -0.151. The highest BCUT2D eigenvalue weighted by Gasteiger charge is 2.39. The molecule has 1 aliphatic rings. The third-order valence-electron chi connectivity index (χ3n) is 2.27. The van der Waals surface area contributed by atoms with Gasteiger partial charge in [-0.05, 0) is 25.9 Å². The molecule has 1 saturated heterocycles. The molecule has 1 rings (SSSR count). The zero-order valence-electron chi connectivity index (χ0n) is 6.68. The molecule has 12 heavy (non-hydrogen) atoms. The minimum Gasteiger partial charge on any atom is -0.481 e. The summed E-state index contributed by atoms with van der Waals surface area (Å²) in [5.74, 6) is -0.999. The van der Waals surface area contributed by atoms with Gasteiger partial charge < -0.3 is 10.4 Å². The molecule has 0 unspecified atom stereocenters. The van der Waals surface area contributed by atoms with Gasteiger partial charge in [0.2, 0.25) is 0 Å². The molecule has 0 bridgehead atoms. The van der Waals surface area contributed by atoms with E-state index in [1.54, 1.807) is 0 Å². The van der Waals surface area contributed by atoms with Crippen LogP contribution in [0.4, 0.5) is 4.39 Å². The molecule has 0 amide bonds. The average molecular weight is 198 g/mol. The highest BCUT2D eigenvalue weighted by atomic mass is 35.5. The summed E-state index contributed by atoms with van der Waals surface area (Å²) >= 11 is 0. The molecule has 0 aliphatic carbocycles. The van der Waals surface area contributed by atoms with Gasteiger partial charge in [-0.25, -0.2) is 4.39 Å². The van der Waals surface area contributed by atoms with E-state index in [-0.39, 0.29) is 12.4 Å². The van der Waals surface area contributed by atoms with Crippen molar-refractivity contribution in [2.45, 2.75) is 12.8 Å². The van der Waals surface area contributed by atoms with Crippen LogP contribution >= 0.6 is 12.4 Å². The summed E-state index contributed by atoms with van der Waals surface area (Å²) in [6, 6.07) is 0. The standard InChI is InChI=1S/C7H12FNO2.ClH/c8-5-7(6(10)11)1-3-9-4-2-7;/h9H,1-5H2,(H,10,11);1H. The predicted molar refractivity (Wildman–Crippen MR) is 45.4 cm³/mol. The number of hydrogen-bond donors (Lipinski definition) is 2. The molecular formula is C7H13ClFNO2. The van der Waals surface area contributed by atoms with E-state index in [4.69, 9.17) is 5.11 Å². The van der Waals surface area contributed by atoms with Crippen LogP contribution in [0.1, 0.15) is 12.8 Å². The molecule has 1 fully saturated rings. The van der Waals surface area contributed by atoms with Gasteiger partial charge in [0.15, 0.2) is 0 Å². The summed E-state index contributed by atoms with van der Waals surface area (Å²) in [5, 5.41) is 11.7. The lowest BCUT2D eigenvalue weighted by Crippen LogP contribution is -2.43. The van der Waals surface area contributed by atoms with Crippen LogP contribution in [0.25, 0.3) is 0 Å². The van der Waals surface area contributed by atoms with E-state index in [9.17, 15) is 9.18 Å². The van der Waals surface area contributed by atoms with Crippen LogP contribution < -0.4 is 5.32 Å². The summed E-state index contributed by atoms with van der Waals surface area (Å²) < 4.78 is 12.4. The molecule has 0 saturated carbocycles. The molecule has 1 heterocycles. The van der Waals surface area contributed by atoms with Gasteiger partial charge in [-0.2, -0.15) is 0 Å². The van der Waals surface area contributed by atoms with Crippen molar-refractivity contribution in [2.24, 2.45) is 5.41 Å². The van der Waals surface area contributed by atoms with Crippen LogP contribution in [-0.4, -0.2) is 30.8 Å². The smallest absolute Gasteiger partial charge is 0.312 e. The first-order chi connectivity index (χ1) is 5.21. The second-order valence-corrected chi connectivity index (χ2v) is 2.97. The fourth-order valence-corrected chi connectivity index (χ4v) is 1.31. The average Bonchev–Trinajstić information content (AvgIpc) is 2.05. The first-order valence-corrected chi connectivity index (χ1v) is 3.71. The Kier molecular flexibility index (Phi) is 4.49. The van der Waals surface area contributed by atoms with E-state index in [2.05, 4.69) is 5.32 Å². The van der Waals surface area contributed by atoms with Crippen LogP contribution in [0.15, 0.2) is 0 Å². The highest BCUT2D eigenvalue weighted by molar-refractivity contribution is 5.85. The summed E-state index contributed by atoms with van der Waals surface area (Å²) in [7, 11) is 0. The van der Waals surface area contributed by atoms with Crippen LogP contribution in [0.5, 0.6) is 0 Å². The SMILES string of the molecule is Cl.O=C(O)C1(CF)CCNCC1. The fraction of sp³-hybridized carbons (Fsp3) is 0.857. The topological polar surface area (TPSA) is 49.3 Å². The Morgan fingerprint density at radius 1 is 1.50 bits per heavy atom. The molecule has 3 nitrogen and oxygen atoms in total. The first kappa shape index (κ1) is 11.6. The monoisotopic (exact) mass is 197 g/mol. The van der Waals surface area contributed by atoms with Crippen molar-refractivity contribution < 1.29 is 14.3 Å². The first-order valence-electron chi connectivity index (χ1n) is 3.71. The molecule has 0 aromatic rings. The van der Waals surface area contributed by atoms with Crippen LogP contribution in [0.2, 0.25) is 0 Å². The minimum atomic E-state index is -1.09. The molecule has 0 aromatic heterocycles. The van der Waals surface area contributed by atoms with E-state index in [0.717, 1.165) is 0 Å². The predicted octanol–water partition coefficient (Wildman–Crippen LogP) is 0.832. The number of piperidine rings is 1. The number of rotatable bonds is 2. The number of carboxylic acids is 1. The Balaban J connectivity index is 0.00000121. The number of carbonyl (C=O) groups is 1. The van der Waals surface area contributed by atoms with Crippen molar-refractivity contribution in [2.75, 3.05) is 19.8 Å². The van der Waals surface area contributed by atoms with Gasteiger partial charge >= 0.3 is 5.97 Å². The zero-order chi connectivity index (χ0) is 8.32. The Bertz CT molecular complexity index is 159. The number of hydrogen-bond acceptors (Lipinski definition) is 2. The Labute approximate surface area is 76.7 Å². The minimum absolute atomic E-state index is 0. The number of halogens is 2. The van der Waals surface area contributed by atoms with Gasteiger partial charge in [0.05, 0.1) is 5.41 Å². The summed E-state index contributed by atoms with van der Waals surface area (Å²) in [6.07, 6.45) is 0.803. The highest BCUT2D eigenvalue weighted by Crippen LogP contribution is 2.29. The second-order valence-electron chi connectivity index (χ2n) is 2.97. The van der Waals surface area contributed by atoms with Gasteiger partial charge in [-0.15, -0.1) is 12.4 Å².